The topological polar surface area (TPSA) is 52.6 Å². The lowest BCUT2D eigenvalue weighted by atomic mass is 10.1. The van der Waals surface area contributed by atoms with Crippen LogP contribution in [0.25, 0.3) is 0 Å². The number of Topliss-reactive ketones (excluding diaryl/α,β-unsaturated/α-hetero) is 1. The van der Waals surface area contributed by atoms with Crippen LogP contribution in [0, 0.1) is 0 Å². The maximum atomic E-state index is 11.8. The maximum absolute atomic E-state index is 11.8. The zero-order chi connectivity index (χ0) is 14.4. The van der Waals surface area contributed by atoms with Crippen molar-refractivity contribution in [1.82, 2.24) is 0 Å². The molecular formula is C16H20O4. The predicted octanol–water partition coefficient (Wildman–Crippen LogP) is 3.01. The number of ether oxygens (including phenoxy) is 2. The average molecular weight is 276 g/mol. The van der Waals surface area contributed by atoms with Crippen molar-refractivity contribution >= 4 is 11.8 Å². The third-order valence-electron chi connectivity index (χ3n) is 3.47. The van der Waals surface area contributed by atoms with Crippen LogP contribution in [0.15, 0.2) is 24.3 Å². The van der Waals surface area contributed by atoms with E-state index in [1.165, 1.54) is 13.3 Å². The Balaban J connectivity index is 1.77. The molecule has 0 bridgehead atoms. The lowest BCUT2D eigenvalue weighted by Gasteiger charge is -2.22. The molecule has 1 atom stereocenters. The van der Waals surface area contributed by atoms with E-state index in [0.717, 1.165) is 25.9 Å². The Kier molecular flexibility index (Phi) is 5.30. The Bertz CT molecular complexity index is 458. The fraction of sp³-hybridized carbons (Fsp3) is 0.500. The summed E-state index contributed by atoms with van der Waals surface area (Å²) in [4.78, 5) is 23.0. The average Bonchev–Trinajstić information content (AvgIpc) is 2.48. The van der Waals surface area contributed by atoms with Gasteiger partial charge in [0.1, 0.15) is 0 Å². The molecule has 1 heterocycles. The molecule has 0 saturated carbocycles. The molecular weight excluding hydrogens is 256 g/mol. The third kappa shape index (κ3) is 4.17. The SMILES string of the molecule is CC(=O)c1ccc(C(=O)OCCC2CCCCO2)cc1. The van der Waals surface area contributed by atoms with Gasteiger partial charge < -0.3 is 9.47 Å². The Hall–Kier alpha value is -1.68. The van der Waals surface area contributed by atoms with Crippen molar-refractivity contribution in [2.75, 3.05) is 13.2 Å². The molecule has 0 spiro atoms. The molecule has 0 aromatic heterocycles. The van der Waals surface area contributed by atoms with Crippen molar-refractivity contribution in [1.29, 1.82) is 0 Å². The van der Waals surface area contributed by atoms with E-state index < -0.39 is 0 Å². The van der Waals surface area contributed by atoms with Crippen molar-refractivity contribution in [3.8, 4) is 0 Å². The molecule has 1 aliphatic rings. The number of rotatable bonds is 5. The molecule has 20 heavy (non-hydrogen) atoms. The highest BCUT2D eigenvalue weighted by molar-refractivity contribution is 5.96. The van der Waals surface area contributed by atoms with E-state index in [9.17, 15) is 9.59 Å². The normalized spacial score (nSPS) is 18.6. The lowest BCUT2D eigenvalue weighted by Crippen LogP contribution is -2.21. The quantitative estimate of drug-likeness (QED) is 0.613. The van der Waals surface area contributed by atoms with Gasteiger partial charge in [-0.3, -0.25) is 4.79 Å². The molecule has 2 rings (SSSR count). The summed E-state index contributed by atoms with van der Waals surface area (Å²) in [5.74, 6) is -0.365. The van der Waals surface area contributed by atoms with Crippen LogP contribution in [-0.2, 0) is 9.47 Å². The van der Waals surface area contributed by atoms with Crippen LogP contribution in [0.3, 0.4) is 0 Å². The third-order valence-corrected chi connectivity index (χ3v) is 3.47. The van der Waals surface area contributed by atoms with Gasteiger partial charge in [-0.2, -0.15) is 0 Å². The Morgan fingerprint density at radius 1 is 1.20 bits per heavy atom. The first kappa shape index (κ1) is 14.7. The molecule has 0 radical (unpaired) electrons. The van der Waals surface area contributed by atoms with E-state index in [0.29, 0.717) is 17.7 Å². The van der Waals surface area contributed by atoms with Gasteiger partial charge in [-0.15, -0.1) is 0 Å². The Morgan fingerprint density at radius 3 is 2.50 bits per heavy atom. The van der Waals surface area contributed by atoms with E-state index in [1.807, 2.05) is 0 Å². The first-order valence-electron chi connectivity index (χ1n) is 7.06. The smallest absolute Gasteiger partial charge is 0.338 e. The van der Waals surface area contributed by atoms with E-state index in [4.69, 9.17) is 9.47 Å². The van der Waals surface area contributed by atoms with Crippen molar-refractivity contribution in [2.24, 2.45) is 0 Å². The monoisotopic (exact) mass is 276 g/mol. The molecule has 0 amide bonds. The van der Waals surface area contributed by atoms with Crippen molar-refractivity contribution in [3.63, 3.8) is 0 Å². The van der Waals surface area contributed by atoms with Crippen molar-refractivity contribution in [3.05, 3.63) is 35.4 Å². The molecule has 1 fully saturated rings. The van der Waals surface area contributed by atoms with E-state index in [2.05, 4.69) is 0 Å². The number of carbonyl (C=O) groups excluding carboxylic acids is 2. The second-order valence-corrected chi connectivity index (χ2v) is 5.05. The van der Waals surface area contributed by atoms with E-state index >= 15 is 0 Å². The molecule has 0 aliphatic carbocycles. The number of benzene rings is 1. The molecule has 0 N–H and O–H groups in total. The summed E-state index contributed by atoms with van der Waals surface area (Å²) in [5, 5.41) is 0. The first-order chi connectivity index (χ1) is 9.66. The largest absolute Gasteiger partial charge is 0.462 e. The Labute approximate surface area is 119 Å². The van der Waals surface area contributed by atoms with Crippen LogP contribution < -0.4 is 0 Å². The zero-order valence-electron chi connectivity index (χ0n) is 11.8. The van der Waals surface area contributed by atoms with Gasteiger partial charge in [-0.25, -0.2) is 4.79 Å². The Morgan fingerprint density at radius 2 is 1.90 bits per heavy atom. The predicted molar refractivity (Wildman–Crippen MR) is 74.9 cm³/mol. The number of hydrogen-bond donors (Lipinski definition) is 0. The van der Waals surface area contributed by atoms with Gasteiger partial charge in [0.05, 0.1) is 18.3 Å². The van der Waals surface area contributed by atoms with Crippen molar-refractivity contribution < 1.29 is 19.1 Å². The molecule has 108 valence electrons. The van der Waals surface area contributed by atoms with Gasteiger partial charge in [0.15, 0.2) is 5.78 Å². The highest BCUT2D eigenvalue weighted by Crippen LogP contribution is 2.15. The molecule has 1 aromatic rings. The fourth-order valence-corrected chi connectivity index (χ4v) is 2.24. The molecule has 1 aromatic carbocycles. The summed E-state index contributed by atoms with van der Waals surface area (Å²) in [6.07, 6.45) is 4.32. The van der Waals surface area contributed by atoms with Crippen LogP contribution in [-0.4, -0.2) is 31.1 Å². The van der Waals surface area contributed by atoms with Gasteiger partial charge in [-0.05, 0) is 38.3 Å². The standard InChI is InChI=1S/C16H20O4/c1-12(17)13-5-7-14(8-6-13)16(18)20-11-9-15-4-2-3-10-19-15/h5-8,15H,2-4,9-11H2,1H3. The number of ketones is 1. The highest BCUT2D eigenvalue weighted by atomic mass is 16.5. The van der Waals surface area contributed by atoms with E-state index in [1.54, 1.807) is 24.3 Å². The molecule has 1 saturated heterocycles. The molecule has 4 nitrogen and oxygen atoms in total. The van der Waals surface area contributed by atoms with Gasteiger partial charge in [0.25, 0.3) is 0 Å². The van der Waals surface area contributed by atoms with Crippen LogP contribution in [0.5, 0.6) is 0 Å². The second-order valence-electron chi connectivity index (χ2n) is 5.05. The van der Waals surface area contributed by atoms with Crippen LogP contribution >= 0.6 is 0 Å². The fourth-order valence-electron chi connectivity index (χ4n) is 2.24. The molecule has 1 aliphatic heterocycles. The van der Waals surface area contributed by atoms with Crippen LogP contribution in [0.1, 0.15) is 53.3 Å². The summed E-state index contributed by atoms with van der Waals surface area (Å²) < 4.78 is 10.8. The highest BCUT2D eigenvalue weighted by Gasteiger charge is 2.15. The number of hydrogen-bond acceptors (Lipinski definition) is 4. The summed E-state index contributed by atoms with van der Waals surface area (Å²) >= 11 is 0. The minimum atomic E-state index is -0.351. The number of carbonyl (C=O) groups is 2. The van der Waals surface area contributed by atoms with Crippen molar-refractivity contribution in [2.45, 2.75) is 38.7 Å². The van der Waals surface area contributed by atoms with Gasteiger partial charge in [0.2, 0.25) is 0 Å². The minimum Gasteiger partial charge on any atom is -0.462 e. The first-order valence-corrected chi connectivity index (χ1v) is 7.06. The molecule has 1 unspecified atom stereocenters. The molecule has 4 heteroatoms. The van der Waals surface area contributed by atoms with E-state index in [-0.39, 0.29) is 17.9 Å². The van der Waals surface area contributed by atoms with Crippen LogP contribution in [0.4, 0.5) is 0 Å². The summed E-state index contributed by atoms with van der Waals surface area (Å²) in [6, 6.07) is 6.53. The van der Waals surface area contributed by atoms with Gasteiger partial charge in [0, 0.05) is 18.6 Å². The van der Waals surface area contributed by atoms with Gasteiger partial charge in [-0.1, -0.05) is 12.1 Å². The second kappa shape index (κ2) is 7.20. The summed E-state index contributed by atoms with van der Waals surface area (Å²) in [5.41, 5.74) is 1.07. The number of esters is 1. The summed E-state index contributed by atoms with van der Waals surface area (Å²) in [6.45, 7) is 2.68. The lowest BCUT2D eigenvalue weighted by molar-refractivity contribution is -0.00446. The van der Waals surface area contributed by atoms with Gasteiger partial charge >= 0.3 is 5.97 Å². The zero-order valence-corrected chi connectivity index (χ0v) is 11.8. The van der Waals surface area contributed by atoms with Crippen LogP contribution in [0.2, 0.25) is 0 Å². The summed E-state index contributed by atoms with van der Waals surface area (Å²) in [7, 11) is 0. The minimum absolute atomic E-state index is 0.0145. The maximum Gasteiger partial charge on any atom is 0.338 e.